The molecule has 1 aliphatic carbocycles. The first-order valence-corrected chi connectivity index (χ1v) is 12.7. The normalized spacial score (nSPS) is 17.2. The predicted octanol–water partition coefficient (Wildman–Crippen LogP) is 4.25. The Hall–Kier alpha value is -2.68. The van der Waals surface area contributed by atoms with Gasteiger partial charge in [0.2, 0.25) is 12.7 Å². The maximum Gasteiger partial charge on any atom is 0.235 e. The Kier molecular flexibility index (Phi) is 5.34. The van der Waals surface area contributed by atoms with Gasteiger partial charge in [0.05, 0.1) is 17.5 Å². The molecule has 2 aliphatic rings. The van der Waals surface area contributed by atoms with Crippen molar-refractivity contribution in [1.82, 2.24) is 9.71 Å². The summed E-state index contributed by atoms with van der Waals surface area (Å²) in [5, 5.41) is 4.17. The summed E-state index contributed by atoms with van der Waals surface area (Å²) < 4.78 is 25.6. The Morgan fingerprint density at radius 1 is 1.15 bits per heavy atom. The van der Waals surface area contributed by atoms with E-state index in [0.29, 0.717) is 18.0 Å². The van der Waals surface area contributed by atoms with Crippen molar-refractivity contribution in [2.45, 2.75) is 51.0 Å². The molecule has 5 rings (SSSR count). The van der Waals surface area contributed by atoms with Gasteiger partial charge in [-0.1, -0.05) is 26.8 Å². The molecule has 0 spiro atoms. The zero-order valence-electron chi connectivity index (χ0n) is 19.3. The van der Waals surface area contributed by atoms with E-state index >= 15 is 0 Å². The van der Waals surface area contributed by atoms with Gasteiger partial charge in [0.25, 0.3) is 0 Å². The van der Waals surface area contributed by atoms with E-state index in [1.54, 1.807) is 6.26 Å². The smallest absolute Gasteiger partial charge is 0.235 e. The minimum absolute atomic E-state index is 0.0229. The number of fused-ring (bicyclic) bond motifs is 2. The fraction of sp³-hybridized carbons (Fsp3) is 0.400. The lowest BCUT2D eigenvalue weighted by atomic mass is 9.92. The number of aromatic amines is 1. The van der Waals surface area contributed by atoms with Crippen LogP contribution in [0.15, 0.2) is 36.4 Å². The van der Waals surface area contributed by atoms with E-state index in [2.05, 4.69) is 41.9 Å². The molecular weight excluding hydrogens is 438 g/mol. The third-order valence-electron chi connectivity index (χ3n) is 6.45. The molecule has 1 aromatic heterocycles. The molecule has 0 radical (unpaired) electrons. The van der Waals surface area contributed by atoms with Crippen molar-refractivity contribution in [2.24, 2.45) is 0 Å². The summed E-state index contributed by atoms with van der Waals surface area (Å²) in [6.07, 6.45) is 3.20. The molecule has 0 bridgehead atoms. The number of aromatic nitrogens is 1. The van der Waals surface area contributed by atoms with Crippen molar-refractivity contribution >= 4 is 33.9 Å². The molecule has 174 valence electrons. The summed E-state index contributed by atoms with van der Waals surface area (Å²) in [5.41, 5.74) is 4.16. The summed E-state index contributed by atoms with van der Waals surface area (Å²) in [6.45, 7) is 7.11. The molecule has 2 aromatic carbocycles. The van der Waals surface area contributed by atoms with Gasteiger partial charge in [-0.05, 0) is 54.3 Å². The van der Waals surface area contributed by atoms with Crippen molar-refractivity contribution in [3.63, 3.8) is 0 Å². The van der Waals surface area contributed by atoms with Crippen molar-refractivity contribution in [3.05, 3.63) is 53.2 Å². The Morgan fingerprint density at radius 3 is 2.61 bits per heavy atom. The second kappa shape index (κ2) is 7.97. The van der Waals surface area contributed by atoms with E-state index in [4.69, 9.17) is 9.47 Å². The van der Waals surface area contributed by atoms with Crippen molar-refractivity contribution < 1.29 is 18.8 Å². The molecule has 1 amide bonds. The van der Waals surface area contributed by atoms with E-state index in [1.807, 2.05) is 30.3 Å². The SMILES string of the molecule is C[S+]([O-])NCc1cc(NC(=O)C2(c3ccc4c(c3)OCO4)CC2)cc2cc(C(C)(C)C)[nH]c12. The molecule has 8 heteroatoms. The maximum absolute atomic E-state index is 13.4. The molecular formula is C25H29N3O4S. The van der Waals surface area contributed by atoms with Gasteiger partial charge >= 0.3 is 0 Å². The number of amides is 1. The summed E-state index contributed by atoms with van der Waals surface area (Å²) in [4.78, 5) is 16.9. The van der Waals surface area contributed by atoms with Crippen molar-refractivity contribution in [1.29, 1.82) is 0 Å². The Balaban J connectivity index is 1.46. The number of benzene rings is 2. The quantitative estimate of drug-likeness (QED) is 0.471. The standard InChI is InChI=1S/C25H29N3O4S/c1-24(2,3)21-11-15-9-18(10-16(22(15)28-21)13-26-33(4)30)27-23(29)25(7-8-25)17-5-6-19-20(12-17)32-14-31-19/h5-6,9-12,26,28H,7-8,13-14H2,1-4H3,(H,27,29). The van der Waals surface area contributed by atoms with Crippen LogP contribution in [0.2, 0.25) is 0 Å². The number of ether oxygens (including phenoxy) is 2. The molecule has 2 heterocycles. The van der Waals surface area contributed by atoms with Gasteiger partial charge in [0.1, 0.15) is 6.26 Å². The number of hydrogen-bond donors (Lipinski definition) is 3. The van der Waals surface area contributed by atoms with E-state index in [0.717, 1.165) is 46.3 Å². The second-order valence-electron chi connectivity index (χ2n) is 9.91. The van der Waals surface area contributed by atoms with Gasteiger partial charge in [0, 0.05) is 33.5 Å². The van der Waals surface area contributed by atoms with E-state index in [1.165, 1.54) is 0 Å². The van der Waals surface area contributed by atoms with Crippen LogP contribution in [0, 0.1) is 0 Å². The van der Waals surface area contributed by atoms with Crippen LogP contribution in [0.5, 0.6) is 11.5 Å². The Morgan fingerprint density at radius 2 is 1.91 bits per heavy atom. The zero-order chi connectivity index (χ0) is 23.4. The first kappa shape index (κ1) is 22.1. The second-order valence-corrected chi connectivity index (χ2v) is 11.1. The molecule has 3 aromatic rings. The number of nitrogens with one attached hydrogen (secondary N) is 3. The largest absolute Gasteiger partial charge is 0.598 e. The highest BCUT2D eigenvalue weighted by atomic mass is 32.2. The first-order valence-electron chi connectivity index (χ1n) is 11.1. The van der Waals surface area contributed by atoms with E-state index in [9.17, 15) is 9.35 Å². The third-order valence-corrected chi connectivity index (χ3v) is 7.00. The van der Waals surface area contributed by atoms with Crippen LogP contribution in [-0.2, 0) is 33.5 Å². The number of rotatable bonds is 6. The monoisotopic (exact) mass is 467 g/mol. The molecule has 1 atom stereocenters. The molecule has 33 heavy (non-hydrogen) atoms. The summed E-state index contributed by atoms with van der Waals surface area (Å²) in [6, 6.07) is 11.8. The van der Waals surface area contributed by atoms with E-state index in [-0.39, 0.29) is 18.1 Å². The third kappa shape index (κ3) is 4.18. The van der Waals surface area contributed by atoms with E-state index < -0.39 is 16.8 Å². The molecule has 3 N–H and O–H groups in total. The topological polar surface area (TPSA) is 98.4 Å². The minimum atomic E-state index is -1.14. The Bertz CT molecular complexity index is 1220. The molecule has 1 fully saturated rings. The van der Waals surface area contributed by atoms with Gasteiger partial charge < -0.3 is 24.3 Å². The molecule has 1 saturated carbocycles. The molecule has 1 unspecified atom stereocenters. The first-order chi connectivity index (χ1) is 15.7. The zero-order valence-corrected chi connectivity index (χ0v) is 20.2. The van der Waals surface area contributed by atoms with Crippen LogP contribution in [0.3, 0.4) is 0 Å². The lowest BCUT2D eigenvalue weighted by molar-refractivity contribution is -0.118. The fourth-order valence-corrected chi connectivity index (χ4v) is 4.69. The number of carbonyl (C=O) groups excluding carboxylic acids is 1. The van der Waals surface area contributed by atoms with Gasteiger partial charge in [-0.25, -0.2) is 0 Å². The van der Waals surface area contributed by atoms with Gasteiger partial charge in [-0.3, -0.25) is 4.79 Å². The number of H-pyrrole nitrogens is 1. The number of hydrogen-bond acceptors (Lipinski definition) is 5. The van der Waals surface area contributed by atoms with Crippen molar-refractivity contribution in [2.75, 3.05) is 18.4 Å². The van der Waals surface area contributed by atoms with Gasteiger partial charge in [-0.15, -0.1) is 4.72 Å². The lowest BCUT2D eigenvalue weighted by Crippen LogP contribution is -2.28. The lowest BCUT2D eigenvalue weighted by Gasteiger charge is -2.17. The maximum atomic E-state index is 13.4. The van der Waals surface area contributed by atoms with Gasteiger partial charge in [0.15, 0.2) is 11.5 Å². The highest BCUT2D eigenvalue weighted by molar-refractivity contribution is 7.88. The van der Waals surface area contributed by atoms with Crippen LogP contribution < -0.4 is 19.5 Å². The van der Waals surface area contributed by atoms with Crippen molar-refractivity contribution in [3.8, 4) is 11.5 Å². The van der Waals surface area contributed by atoms with Crippen LogP contribution in [0.25, 0.3) is 10.9 Å². The van der Waals surface area contributed by atoms with Crippen LogP contribution in [0.4, 0.5) is 5.69 Å². The Labute approximate surface area is 196 Å². The average molecular weight is 468 g/mol. The summed E-state index contributed by atoms with van der Waals surface area (Å²) in [7, 11) is 0. The van der Waals surface area contributed by atoms with Gasteiger partial charge in [-0.2, -0.15) is 0 Å². The minimum Gasteiger partial charge on any atom is -0.598 e. The average Bonchev–Trinajstić information content (AvgIpc) is 3.22. The highest BCUT2D eigenvalue weighted by Gasteiger charge is 2.51. The molecule has 0 saturated heterocycles. The number of anilines is 1. The number of carbonyl (C=O) groups is 1. The summed E-state index contributed by atoms with van der Waals surface area (Å²) in [5.74, 6) is 1.38. The van der Waals surface area contributed by atoms with Crippen LogP contribution in [0.1, 0.15) is 50.4 Å². The van der Waals surface area contributed by atoms with Crippen LogP contribution in [-0.4, -0.2) is 28.5 Å². The molecule has 7 nitrogen and oxygen atoms in total. The molecule has 1 aliphatic heterocycles. The predicted molar refractivity (Wildman–Crippen MR) is 130 cm³/mol. The van der Waals surface area contributed by atoms with Crippen LogP contribution >= 0.6 is 0 Å². The highest BCUT2D eigenvalue weighted by Crippen LogP contribution is 2.51. The fourth-order valence-electron chi connectivity index (χ4n) is 4.33. The summed E-state index contributed by atoms with van der Waals surface area (Å²) >= 11 is -1.14.